The molecule has 0 atom stereocenters. The molecule has 0 saturated heterocycles. The predicted octanol–water partition coefficient (Wildman–Crippen LogP) is 3.41. The molecule has 0 rings (SSSR count). The van der Waals surface area contributed by atoms with E-state index in [0.29, 0.717) is 6.42 Å². The van der Waals surface area contributed by atoms with Crippen LogP contribution < -0.4 is 0 Å². The van der Waals surface area contributed by atoms with E-state index in [1.807, 2.05) is 0 Å². The maximum atomic E-state index is 10.4. The van der Waals surface area contributed by atoms with Gasteiger partial charge in [-0.25, -0.2) is 0 Å². The van der Waals surface area contributed by atoms with Crippen LogP contribution in [-0.4, -0.2) is 48.3 Å². The summed E-state index contributed by atoms with van der Waals surface area (Å²) in [6, 6.07) is 0. The van der Waals surface area contributed by atoms with Crippen molar-refractivity contribution in [2.75, 3.05) is 5.75 Å². The minimum Gasteiger partial charge on any atom is -0.286 e. The second-order valence-corrected chi connectivity index (χ2v) is 6.04. The van der Waals surface area contributed by atoms with Crippen molar-refractivity contribution in [2.24, 2.45) is 0 Å². The summed E-state index contributed by atoms with van der Waals surface area (Å²) in [5, 5.41) is 0. The van der Waals surface area contributed by atoms with Crippen molar-refractivity contribution in [1.29, 1.82) is 0 Å². The summed E-state index contributed by atoms with van der Waals surface area (Å²) < 4.78 is 29.4. The van der Waals surface area contributed by atoms with E-state index in [0.717, 1.165) is 12.8 Å². The first-order valence-electron chi connectivity index (χ1n) is 6.51. The van der Waals surface area contributed by atoms with Gasteiger partial charge in [0.15, 0.2) is 0 Å². The van der Waals surface area contributed by atoms with Crippen LogP contribution >= 0.6 is 0 Å². The van der Waals surface area contributed by atoms with Gasteiger partial charge in [0.1, 0.15) is 0 Å². The molecule has 0 saturated carbocycles. The Bertz CT molecular complexity index is 240. The first-order chi connectivity index (χ1) is 7.56. The van der Waals surface area contributed by atoms with Crippen LogP contribution in [0.2, 0.25) is 0 Å². The molecule has 0 unspecified atom stereocenters. The fraction of sp³-hybridized carbons (Fsp3) is 1.00. The van der Waals surface area contributed by atoms with E-state index in [4.69, 9.17) is 4.55 Å². The molecule has 0 aliphatic carbocycles. The van der Waals surface area contributed by atoms with E-state index >= 15 is 0 Å². The molecule has 99 valence electrons. The fourth-order valence-corrected chi connectivity index (χ4v) is 2.34. The molecule has 1 N–H and O–H groups in total. The van der Waals surface area contributed by atoms with Gasteiger partial charge in [0, 0.05) is 29.6 Å². The maximum Gasteiger partial charge on any atom is 0.264 e. The summed E-state index contributed by atoms with van der Waals surface area (Å²) in [6.45, 7) is 2.22. The van der Waals surface area contributed by atoms with Gasteiger partial charge < -0.3 is 0 Å². The fourth-order valence-electron chi connectivity index (χ4n) is 1.77. The summed E-state index contributed by atoms with van der Waals surface area (Å²) >= 11 is 0. The Labute approximate surface area is 129 Å². The molecular formula is C12H26NaO3S. The molecule has 0 bridgehead atoms. The van der Waals surface area contributed by atoms with E-state index in [9.17, 15) is 8.42 Å². The monoisotopic (exact) mass is 273 g/mol. The van der Waals surface area contributed by atoms with E-state index < -0.39 is 10.1 Å². The third-order valence-corrected chi connectivity index (χ3v) is 3.56. The number of hydrogen-bond acceptors (Lipinski definition) is 2. The molecule has 5 heteroatoms. The summed E-state index contributed by atoms with van der Waals surface area (Å²) in [4.78, 5) is 0. The van der Waals surface area contributed by atoms with Crippen LogP contribution in [0.3, 0.4) is 0 Å². The minimum absolute atomic E-state index is 0. The van der Waals surface area contributed by atoms with E-state index in [1.165, 1.54) is 44.9 Å². The van der Waals surface area contributed by atoms with Gasteiger partial charge >= 0.3 is 0 Å². The van der Waals surface area contributed by atoms with Crippen LogP contribution in [0.15, 0.2) is 0 Å². The predicted molar refractivity (Wildman–Crippen MR) is 74.0 cm³/mol. The van der Waals surface area contributed by atoms with Gasteiger partial charge in [-0.2, -0.15) is 8.42 Å². The molecule has 1 radical (unpaired) electrons. The van der Waals surface area contributed by atoms with Crippen LogP contribution in [0.1, 0.15) is 71.1 Å². The average molecular weight is 273 g/mol. The Kier molecular flexibility index (Phi) is 15.9. The van der Waals surface area contributed by atoms with Gasteiger partial charge in [0.2, 0.25) is 0 Å². The summed E-state index contributed by atoms with van der Waals surface area (Å²) in [5.74, 6) is -0.0799. The van der Waals surface area contributed by atoms with Gasteiger partial charge in [-0.15, -0.1) is 0 Å². The smallest absolute Gasteiger partial charge is 0.264 e. The SMILES string of the molecule is CCCCCCCCCCCCS(=O)(=O)O.[Na]. The van der Waals surface area contributed by atoms with Crippen LogP contribution in [0.5, 0.6) is 0 Å². The Morgan fingerprint density at radius 3 is 1.47 bits per heavy atom. The van der Waals surface area contributed by atoms with Crippen LogP contribution in [-0.2, 0) is 10.1 Å². The second-order valence-electron chi connectivity index (χ2n) is 4.47. The summed E-state index contributed by atoms with van der Waals surface area (Å²) in [6.07, 6.45) is 11.7. The molecule has 0 aromatic heterocycles. The van der Waals surface area contributed by atoms with Gasteiger partial charge in [-0.05, 0) is 6.42 Å². The third-order valence-electron chi connectivity index (χ3n) is 2.76. The topological polar surface area (TPSA) is 54.4 Å². The minimum atomic E-state index is -3.73. The normalized spacial score (nSPS) is 11.2. The van der Waals surface area contributed by atoms with Crippen LogP contribution in [0, 0.1) is 0 Å². The van der Waals surface area contributed by atoms with Gasteiger partial charge in [-0.3, -0.25) is 4.55 Å². The number of unbranched alkanes of at least 4 members (excludes halogenated alkanes) is 9. The zero-order chi connectivity index (χ0) is 12.3. The quantitative estimate of drug-likeness (QED) is 0.356. The summed E-state index contributed by atoms with van der Waals surface area (Å²) in [5.41, 5.74) is 0. The third kappa shape index (κ3) is 19.4. The number of rotatable bonds is 11. The van der Waals surface area contributed by atoms with E-state index in [2.05, 4.69) is 6.92 Å². The van der Waals surface area contributed by atoms with Crippen molar-refractivity contribution < 1.29 is 13.0 Å². The average Bonchev–Trinajstić information content (AvgIpc) is 2.19. The van der Waals surface area contributed by atoms with Crippen molar-refractivity contribution >= 4 is 39.7 Å². The van der Waals surface area contributed by atoms with Crippen molar-refractivity contribution in [3.8, 4) is 0 Å². The van der Waals surface area contributed by atoms with Crippen molar-refractivity contribution in [2.45, 2.75) is 71.1 Å². The summed E-state index contributed by atoms with van der Waals surface area (Å²) in [7, 11) is -3.73. The molecule has 0 spiro atoms. The maximum absolute atomic E-state index is 10.4. The van der Waals surface area contributed by atoms with E-state index in [-0.39, 0.29) is 35.3 Å². The van der Waals surface area contributed by atoms with Crippen LogP contribution in [0.25, 0.3) is 0 Å². The standard InChI is InChI=1S/C12H26O3S.Na/c1-2-3-4-5-6-7-8-9-10-11-12-16(13,14)15;/h2-12H2,1H3,(H,13,14,15);. The van der Waals surface area contributed by atoms with Crippen molar-refractivity contribution in [1.82, 2.24) is 0 Å². The zero-order valence-electron chi connectivity index (χ0n) is 11.5. The van der Waals surface area contributed by atoms with Gasteiger partial charge in [0.05, 0.1) is 5.75 Å². The zero-order valence-corrected chi connectivity index (χ0v) is 14.3. The van der Waals surface area contributed by atoms with Crippen LogP contribution in [0.4, 0.5) is 0 Å². The van der Waals surface area contributed by atoms with Gasteiger partial charge in [-0.1, -0.05) is 64.7 Å². The molecular weight excluding hydrogens is 247 g/mol. The Morgan fingerprint density at radius 2 is 1.12 bits per heavy atom. The first kappa shape index (κ1) is 20.2. The largest absolute Gasteiger partial charge is 0.286 e. The Balaban J connectivity index is 0. The molecule has 0 heterocycles. The first-order valence-corrected chi connectivity index (χ1v) is 8.12. The molecule has 0 aliphatic rings. The molecule has 3 nitrogen and oxygen atoms in total. The molecule has 0 aromatic carbocycles. The molecule has 0 aromatic rings. The van der Waals surface area contributed by atoms with Crippen molar-refractivity contribution in [3.63, 3.8) is 0 Å². The molecule has 0 aliphatic heterocycles. The molecule has 17 heavy (non-hydrogen) atoms. The number of hydrogen-bond donors (Lipinski definition) is 1. The molecule has 0 fully saturated rings. The Morgan fingerprint density at radius 1 is 0.765 bits per heavy atom. The van der Waals surface area contributed by atoms with Gasteiger partial charge in [0.25, 0.3) is 10.1 Å². The molecule has 0 amide bonds. The van der Waals surface area contributed by atoms with Crippen molar-refractivity contribution in [3.05, 3.63) is 0 Å². The Hall–Kier alpha value is 0.910. The second kappa shape index (κ2) is 13.3. The van der Waals surface area contributed by atoms with E-state index in [1.54, 1.807) is 0 Å².